The number of carbonyl (C=O) groups is 2. The average molecular weight is 380 g/mol. The summed E-state index contributed by atoms with van der Waals surface area (Å²) in [6.45, 7) is 3.01. The van der Waals surface area contributed by atoms with Crippen molar-refractivity contribution in [2.24, 2.45) is 0 Å². The van der Waals surface area contributed by atoms with Crippen molar-refractivity contribution in [3.8, 4) is 6.07 Å². The van der Waals surface area contributed by atoms with Crippen molar-refractivity contribution in [1.82, 2.24) is 10.2 Å². The summed E-state index contributed by atoms with van der Waals surface area (Å²) in [5.74, 6) is -0.280. The number of ether oxygens (including phenoxy) is 1. The Bertz CT molecular complexity index is 674. The number of anilines is 1. The molecule has 0 radical (unpaired) electrons. The van der Waals surface area contributed by atoms with Gasteiger partial charge in [0, 0.05) is 26.2 Å². The normalized spacial score (nSPS) is 13.8. The van der Waals surface area contributed by atoms with Gasteiger partial charge >= 0.3 is 0 Å². The highest BCUT2D eigenvalue weighted by Gasteiger charge is 2.16. The predicted octanol–water partition coefficient (Wildman–Crippen LogP) is 0.817. The third-order valence-corrected chi connectivity index (χ3v) is 4.63. The smallest absolute Gasteiger partial charge is 0.232 e. The van der Waals surface area contributed by atoms with Crippen molar-refractivity contribution >= 4 is 29.3 Å². The van der Waals surface area contributed by atoms with Gasteiger partial charge in [0.25, 0.3) is 0 Å². The minimum atomic E-state index is -0.581. The highest BCUT2D eigenvalue weighted by Crippen LogP contribution is 2.17. The molecule has 0 spiro atoms. The second-order valence-corrected chi connectivity index (χ2v) is 6.52. The van der Waals surface area contributed by atoms with Gasteiger partial charge in [-0.15, -0.1) is 11.8 Å². The van der Waals surface area contributed by atoms with E-state index in [0.717, 1.165) is 0 Å². The molecule has 0 saturated carbocycles. The number of hydrogen-bond donors (Lipinski definition) is 2. The van der Waals surface area contributed by atoms with E-state index in [0.29, 0.717) is 45.1 Å². The summed E-state index contributed by atoms with van der Waals surface area (Å²) >= 11 is 1.27. The molecule has 1 fully saturated rings. The minimum absolute atomic E-state index is 0.0166. The fourth-order valence-electron chi connectivity index (χ4n) is 2.37. The van der Waals surface area contributed by atoms with Crippen LogP contribution in [-0.4, -0.2) is 67.6 Å². The summed E-state index contributed by atoms with van der Waals surface area (Å²) in [6.07, 6.45) is 0. The Morgan fingerprint density at radius 3 is 2.77 bits per heavy atom. The number of nitriles is 1. The van der Waals surface area contributed by atoms with Gasteiger partial charge in [-0.1, -0.05) is 6.07 Å². The lowest BCUT2D eigenvalue weighted by atomic mass is 10.2. The molecule has 0 bridgehead atoms. The molecule has 7 nitrogen and oxygen atoms in total. The van der Waals surface area contributed by atoms with Crippen LogP contribution in [0.1, 0.15) is 5.56 Å². The van der Waals surface area contributed by atoms with Crippen LogP contribution in [0.3, 0.4) is 0 Å². The molecule has 2 rings (SSSR count). The molecule has 1 saturated heterocycles. The van der Waals surface area contributed by atoms with E-state index in [4.69, 9.17) is 10.00 Å². The molecular weight excluding hydrogens is 359 g/mol. The van der Waals surface area contributed by atoms with Gasteiger partial charge < -0.3 is 20.3 Å². The van der Waals surface area contributed by atoms with Crippen molar-refractivity contribution < 1.29 is 18.7 Å². The Labute approximate surface area is 155 Å². The molecule has 9 heteroatoms. The second-order valence-electron chi connectivity index (χ2n) is 5.54. The first-order valence-electron chi connectivity index (χ1n) is 8.24. The zero-order valence-corrected chi connectivity index (χ0v) is 15.1. The fourth-order valence-corrected chi connectivity index (χ4v) is 3.12. The first-order chi connectivity index (χ1) is 12.6. The Morgan fingerprint density at radius 1 is 1.27 bits per heavy atom. The fraction of sp³-hybridized carbons (Fsp3) is 0.471. The van der Waals surface area contributed by atoms with Gasteiger partial charge in [0.05, 0.1) is 30.4 Å². The number of carbonyl (C=O) groups excluding carboxylic acids is 2. The van der Waals surface area contributed by atoms with E-state index in [1.165, 1.54) is 23.9 Å². The molecule has 0 aliphatic carbocycles. The summed E-state index contributed by atoms with van der Waals surface area (Å²) in [7, 11) is 0. The molecule has 0 atom stereocenters. The standard InChI is InChI=1S/C17H21FN4O3S/c18-14-2-1-3-15(13(14)10-19)20-4-5-21-16(23)11-26-12-17(24)22-6-8-25-9-7-22/h1-3,20H,4-9,11-12H2,(H,21,23). The Kier molecular flexibility index (Phi) is 8.18. The number of nitrogens with zero attached hydrogens (tertiary/aromatic N) is 2. The summed E-state index contributed by atoms with van der Waals surface area (Å²) in [5.41, 5.74) is 0.350. The predicted molar refractivity (Wildman–Crippen MR) is 97.3 cm³/mol. The van der Waals surface area contributed by atoms with Crippen LogP contribution < -0.4 is 10.6 Å². The lowest BCUT2D eigenvalue weighted by molar-refractivity contribution is -0.132. The van der Waals surface area contributed by atoms with Gasteiger partial charge in [0.15, 0.2) is 0 Å². The topological polar surface area (TPSA) is 94.5 Å². The second kappa shape index (κ2) is 10.6. The van der Waals surface area contributed by atoms with Gasteiger partial charge in [-0.3, -0.25) is 9.59 Å². The highest BCUT2D eigenvalue weighted by atomic mass is 32.2. The molecule has 1 aliphatic heterocycles. The molecule has 26 heavy (non-hydrogen) atoms. The van der Waals surface area contributed by atoms with Crippen molar-refractivity contribution in [2.75, 3.05) is 56.2 Å². The van der Waals surface area contributed by atoms with E-state index in [1.54, 1.807) is 11.0 Å². The molecule has 1 aromatic rings. The SMILES string of the molecule is N#Cc1c(F)cccc1NCCNC(=O)CSCC(=O)N1CCOCC1. The number of halogens is 1. The Balaban J connectivity index is 1.60. The molecule has 0 unspecified atom stereocenters. The summed E-state index contributed by atoms with van der Waals surface area (Å²) in [6, 6.07) is 6.15. The van der Waals surface area contributed by atoms with Crippen LogP contribution in [0.5, 0.6) is 0 Å². The number of hydrogen-bond acceptors (Lipinski definition) is 6. The van der Waals surface area contributed by atoms with Crippen molar-refractivity contribution in [2.45, 2.75) is 0 Å². The summed E-state index contributed by atoms with van der Waals surface area (Å²) in [5, 5.41) is 14.6. The number of amides is 2. The summed E-state index contributed by atoms with van der Waals surface area (Å²) < 4.78 is 18.6. The lowest BCUT2D eigenvalue weighted by Crippen LogP contribution is -2.41. The lowest BCUT2D eigenvalue weighted by Gasteiger charge is -2.26. The number of nitrogens with one attached hydrogen (secondary N) is 2. The third kappa shape index (κ3) is 6.20. The van der Waals surface area contributed by atoms with Crippen LogP contribution in [0, 0.1) is 17.1 Å². The number of thioether (sulfide) groups is 1. The maximum absolute atomic E-state index is 13.5. The van der Waals surface area contributed by atoms with Gasteiger partial charge in [0.1, 0.15) is 17.4 Å². The number of rotatable bonds is 8. The van der Waals surface area contributed by atoms with Crippen LogP contribution in [0.4, 0.5) is 10.1 Å². The Hall–Kier alpha value is -2.31. The molecule has 1 aromatic carbocycles. The van der Waals surface area contributed by atoms with E-state index >= 15 is 0 Å². The molecule has 0 aromatic heterocycles. The number of morpholine rings is 1. The maximum Gasteiger partial charge on any atom is 0.232 e. The van der Waals surface area contributed by atoms with E-state index in [1.807, 2.05) is 6.07 Å². The van der Waals surface area contributed by atoms with E-state index < -0.39 is 5.82 Å². The van der Waals surface area contributed by atoms with Crippen LogP contribution in [-0.2, 0) is 14.3 Å². The number of benzene rings is 1. The van der Waals surface area contributed by atoms with Crippen LogP contribution >= 0.6 is 11.8 Å². The van der Waals surface area contributed by atoms with Crippen LogP contribution in [0.2, 0.25) is 0 Å². The largest absolute Gasteiger partial charge is 0.382 e. The zero-order valence-electron chi connectivity index (χ0n) is 14.3. The van der Waals surface area contributed by atoms with Crippen LogP contribution in [0.25, 0.3) is 0 Å². The van der Waals surface area contributed by atoms with E-state index in [9.17, 15) is 14.0 Å². The molecule has 2 amide bonds. The monoisotopic (exact) mass is 380 g/mol. The average Bonchev–Trinajstić information content (AvgIpc) is 2.66. The molecule has 2 N–H and O–H groups in total. The summed E-state index contributed by atoms with van der Waals surface area (Å²) in [4.78, 5) is 25.4. The Morgan fingerprint density at radius 2 is 2.04 bits per heavy atom. The maximum atomic E-state index is 13.5. The quantitative estimate of drug-likeness (QED) is 0.649. The van der Waals surface area contributed by atoms with Crippen molar-refractivity contribution in [3.05, 3.63) is 29.6 Å². The highest BCUT2D eigenvalue weighted by molar-refractivity contribution is 8.00. The zero-order chi connectivity index (χ0) is 18.8. The molecule has 140 valence electrons. The van der Waals surface area contributed by atoms with E-state index in [2.05, 4.69) is 10.6 Å². The molecule has 1 heterocycles. The molecular formula is C17H21FN4O3S. The van der Waals surface area contributed by atoms with Gasteiger partial charge in [0.2, 0.25) is 11.8 Å². The van der Waals surface area contributed by atoms with E-state index in [-0.39, 0.29) is 28.9 Å². The van der Waals surface area contributed by atoms with Gasteiger partial charge in [-0.2, -0.15) is 5.26 Å². The van der Waals surface area contributed by atoms with Crippen LogP contribution in [0.15, 0.2) is 18.2 Å². The first-order valence-corrected chi connectivity index (χ1v) is 9.39. The first kappa shape index (κ1) is 20.0. The van der Waals surface area contributed by atoms with Gasteiger partial charge in [-0.05, 0) is 12.1 Å². The van der Waals surface area contributed by atoms with Crippen molar-refractivity contribution in [1.29, 1.82) is 5.26 Å². The third-order valence-electron chi connectivity index (χ3n) is 3.71. The molecule has 1 aliphatic rings. The van der Waals surface area contributed by atoms with Gasteiger partial charge in [-0.25, -0.2) is 4.39 Å². The minimum Gasteiger partial charge on any atom is -0.382 e. The van der Waals surface area contributed by atoms with Crippen molar-refractivity contribution in [3.63, 3.8) is 0 Å².